The van der Waals surface area contributed by atoms with Gasteiger partial charge < -0.3 is 10.1 Å². The molecule has 2 nitrogen and oxygen atoms in total. The van der Waals surface area contributed by atoms with Gasteiger partial charge in [0, 0.05) is 12.6 Å². The quantitative estimate of drug-likeness (QED) is 0.754. The van der Waals surface area contributed by atoms with Gasteiger partial charge in [0.2, 0.25) is 0 Å². The van der Waals surface area contributed by atoms with E-state index in [0.717, 1.165) is 30.9 Å². The van der Waals surface area contributed by atoms with E-state index in [0.29, 0.717) is 17.6 Å². The summed E-state index contributed by atoms with van der Waals surface area (Å²) < 4.78 is 6.21. The fourth-order valence-electron chi connectivity index (χ4n) is 5.96. The number of morpholine rings is 1. The van der Waals surface area contributed by atoms with Crippen molar-refractivity contribution in [3.8, 4) is 0 Å². The van der Waals surface area contributed by atoms with Crippen molar-refractivity contribution in [2.24, 2.45) is 23.2 Å². The molecule has 17 heavy (non-hydrogen) atoms. The van der Waals surface area contributed by atoms with E-state index in [1.54, 1.807) is 0 Å². The molecule has 2 heteroatoms. The molecule has 0 aromatic heterocycles. The first-order valence-electron chi connectivity index (χ1n) is 7.60. The Labute approximate surface area is 104 Å². The van der Waals surface area contributed by atoms with E-state index >= 15 is 0 Å². The van der Waals surface area contributed by atoms with Crippen molar-refractivity contribution in [3.63, 3.8) is 0 Å². The molecule has 0 amide bonds. The summed E-state index contributed by atoms with van der Waals surface area (Å²) in [5, 5.41) is 3.63. The van der Waals surface area contributed by atoms with Gasteiger partial charge in [0.15, 0.2) is 0 Å². The van der Waals surface area contributed by atoms with Crippen LogP contribution < -0.4 is 5.32 Å². The molecule has 0 aromatic rings. The third-order valence-electron chi connectivity index (χ3n) is 6.01. The number of hydrogen-bond acceptors (Lipinski definition) is 2. The maximum absolute atomic E-state index is 6.21. The molecular weight excluding hydrogens is 210 g/mol. The van der Waals surface area contributed by atoms with Crippen molar-refractivity contribution < 1.29 is 4.74 Å². The molecule has 1 heterocycles. The summed E-state index contributed by atoms with van der Waals surface area (Å²) in [5.74, 6) is 3.12. The molecule has 1 N–H and O–H groups in total. The molecule has 5 aliphatic rings. The summed E-state index contributed by atoms with van der Waals surface area (Å²) in [7, 11) is 0. The monoisotopic (exact) mass is 235 g/mol. The molecule has 5 fully saturated rings. The lowest BCUT2D eigenvalue weighted by Gasteiger charge is -2.60. The Morgan fingerprint density at radius 1 is 1.00 bits per heavy atom. The minimum Gasteiger partial charge on any atom is -0.375 e. The Kier molecular flexibility index (Phi) is 2.36. The Morgan fingerprint density at radius 2 is 1.59 bits per heavy atom. The lowest BCUT2D eigenvalue weighted by molar-refractivity contribution is -0.161. The fourth-order valence-corrected chi connectivity index (χ4v) is 5.96. The van der Waals surface area contributed by atoms with E-state index in [1.165, 1.54) is 38.5 Å². The highest BCUT2D eigenvalue weighted by Crippen LogP contribution is 2.62. The average molecular weight is 235 g/mol. The Hall–Kier alpha value is -0.0800. The van der Waals surface area contributed by atoms with Crippen molar-refractivity contribution in [2.75, 3.05) is 13.2 Å². The SMILES string of the molecule is CC1NCCOC1C12CC3CC(CC(C3)C1)C2. The number of nitrogens with one attached hydrogen (secondary N) is 1. The highest BCUT2D eigenvalue weighted by Gasteiger charge is 2.55. The fraction of sp³-hybridized carbons (Fsp3) is 1.00. The zero-order chi connectivity index (χ0) is 11.5. The smallest absolute Gasteiger partial charge is 0.0782 e. The number of hydrogen-bond donors (Lipinski definition) is 1. The van der Waals surface area contributed by atoms with Crippen LogP contribution in [0.2, 0.25) is 0 Å². The maximum Gasteiger partial charge on any atom is 0.0782 e. The normalized spacial score (nSPS) is 57.4. The lowest BCUT2D eigenvalue weighted by Crippen LogP contribution is -2.60. The molecule has 96 valence electrons. The topological polar surface area (TPSA) is 21.3 Å². The average Bonchev–Trinajstić information content (AvgIpc) is 2.27. The van der Waals surface area contributed by atoms with Crippen LogP contribution in [-0.4, -0.2) is 25.3 Å². The summed E-state index contributed by atoms with van der Waals surface area (Å²) in [6.45, 7) is 4.31. The van der Waals surface area contributed by atoms with Crippen molar-refractivity contribution in [3.05, 3.63) is 0 Å². The first-order valence-corrected chi connectivity index (χ1v) is 7.60. The van der Waals surface area contributed by atoms with Gasteiger partial charge >= 0.3 is 0 Å². The molecule has 1 aliphatic heterocycles. The van der Waals surface area contributed by atoms with Gasteiger partial charge in [-0.3, -0.25) is 0 Å². The highest BCUT2D eigenvalue weighted by atomic mass is 16.5. The molecular formula is C15H25NO. The standard InChI is InChI=1S/C15H25NO/c1-10-14(17-3-2-16-10)15-7-11-4-12(8-15)6-13(5-11)9-15/h10-14,16H,2-9H2,1H3. The van der Waals surface area contributed by atoms with E-state index < -0.39 is 0 Å². The molecule has 0 aromatic carbocycles. The predicted molar refractivity (Wildman–Crippen MR) is 67.8 cm³/mol. The van der Waals surface area contributed by atoms with Gasteiger partial charge in [0.1, 0.15) is 0 Å². The van der Waals surface area contributed by atoms with E-state index in [1.807, 2.05) is 0 Å². The predicted octanol–water partition coefficient (Wildman–Crippen LogP) is 2.58. The van der Waals surface area contributed by atoms with E-state index in [-0.39, 0.29) is 0 Å². The van der Waals surface area contributed by atoms with E-state index in [4.69, 9.17) is 4.74 Å². The Balaban J connectivity index is 1.63. The molecule has 2 atom stereocenters. The van der Waals surface area contributed by atoms with Gasteiger partial charge in [-0.25, -0.2) is 0 Å². The van der Waals surface area contributed by atoms with Crippen LogP contribution in [0.1, 0.15) is 45.4 Å². The van der Waals surface area contributed by atoms with Gasteiger partial charge in [-0.1, -0.05) is 0 Å². The summed E-state index contributed by atoms with van der Waals surface area (Å²) in [6.07, 6.45) is 9.51. The molecule has 0 spiro atoms. The number of ether oxygens (including phenoxy) is 1. The minimum absolute atomic E-state index is 0.504. The van der Waals surface area contributed by atoms with Crippen molar-refractivity contribution in [2.45, 2.75) is 57.6 Å². The highest BCUT2D eigenvalue weighted by molar-refractivity contribution is 5.07. The van der Waals surface area contributed by atoms with Crippen molar-refractivity contribution in [1.29, 1.82) is 0 Å². The van der Waals surface area contributed by atoms with Gasteiger partial charge in [-0.05, 0) is 68.6 Å². The third kappa shape index (κ3) is 1.60. The largest absolute Gasteiger partial charge is 0.375 e. The zero-order valence-electron chi connectivity index (χ0n) is 11.0. The molecule has 4 saturated carbocycles. The minimum atomic E-state index is 0.504. The molecule has 5 rings (SSSR count). The van der Waals surface area contributed by atoms with Gasteiger partial charge in [0.25, 0.3) is 0 Å². The first kappa shape index (κ1) is 10.8. The van der Waals surface area contributed by atoms with Crippen LogP contribution in [0.5, 0.6) is 0 Å². The lowest BCUT2D eigenvalue weighted by atomic mass is 9.47. The summed E-state index contributed by atoms with van der Waals surface area (Å²) in [6, 6.07) is 0.569. The Bertz CT molecular complexity index is 279. The van der Waals surface area contributed by atoms with Crippen LogP contribution in [0.3, 0.4) is 0 Å². The van der Waals surface area contributed by atoms with E-state index in [9.17, 15) is 0 Å². The van der Waals surface area contributed by atoms with Crippen LogP contribution in [0.4, 0.5) is 0 Å². The molecule has 4 aliphatic carbocycles. The zero-order valence-corrected chi connectivity index (χ0v) is 11.0. The summed E-state index contributed by atoms with van der Waals surface area (Å²) in [5.41, 5.74) is 0.557. The molecule has 1 saturated heterocycles. The van der Waals surface area contributed by atoms with Crippen molar-refractivity contribution in [1.82, 2.24) is 5.32 Å². The van der Waals surface area contributed by atoms with Gasteiger partial charge in [0.05, 0.1) is 12.7 Å². The van der Waals surface area contributed by atoms with Crippen LogP contribution in [0, 0.1) is 23.2 Å². The molecule has 2 unspecified atom stereocenters. The second-order valence-corrected chi connectivity index (χ2v) is 7.31. The third-order valence-corrected chi connectivity index (χ3v) is 6.01. The van der Waals surface area contributed by atoms with Gasteiger partial charge in [-0.2, -0.15) is 0 Å². The molecule has 4 bridgehead atoms. The van der Waals surface area contributed by atoms with Gasteiger partial charge in [-0.15, -0.1) is 0 Å². The second-order valence-electron chi connectivity index (χ2n) is 7.31. The summed E-state index contributed by atoms with van der Waals surface area (Å²) in [4.78, 5) is 0. The maximum atomic E-state index is 6.21. The second kappa shape index (κ2) is 3.71. The van der Waals surface area contributed by atoms with Crippen LogP contribution in [0.15, 0.2) is 0 Å². The van der Waals surface area contributed by atoms with E-state index in [2.05, 4.69) is 12.2 Å². The van der Waals surface area contributed by atoms with Crippen molar-refractivity contribution >= 4 is 0 Å². The number of rotatable bonds is 1. The van der Waals surface area contributed by atoms with Crippen LogP contribution in [0.25, 0.3) is 0 Å². The molecule has 0 radical (unpaired) electrons. The Morgan fingerprint density at radius 3 is 2.12 bits per heavy atom. The first-order chi connectivity index (χ1) is 8.25. The van der Waals surface area contributed by atoms with Crippen LogP contribution >= 0.6 is 0 Å². The summed E-state index contributed by atoms with van der Waals surface area (Å²) >= 11 is 0. The van der Waals surface area contributed by atoms with Crippen LogP contribution in [-0.2, 0) is 4.74 Å².